The van der Waals surface area contributed by atoms with Gasteiger partial charge < -0.3 is 0 Å². The molecule has 3 rings (SSSR count). The van der Waals surface area contributed by atoms with E-state index in [2.05, 4.69) is 34.6 Å². The second kappa shape index (κ2) is 3.32. The van der Waals surface area contributed by atoms with Gasteiger partial charge in [0.05, 0.1) is 11.4 Å². The molecule has 1 saturated heterocycles. The smallest absolute Gasteiger partial charge is 0.265 e. The first-order valence-corrected chi connectivity index (χ1v) is 8.56. The lowest BCUT2D eigenvalue weighted by molar-refractivity contribution is -0.0671. The van der Waals surface area contributed by atoms with Crippen LogP contribution in [0.4, 0.5) is 0 Å². The van der Waals surface area contributed by atoms with Crippen molar-refractivity contribution in [1.29, 1.82) is 0 Å². The Morgan fingerprint density at radius 3 is 2.22 bits per heavy atom. The molecule has 2 aliphatic carbocycles. The monoisotopic (exact) mass is 272 g/mol. The normalized spacial score (nSPS) is 47.4. The molecule has 0 radical (unpaired) electrons. The van der Waals surface area contributed by atoms with Crippen LogP contribution in [0.3, 0.4) is 0 Å². The van der Waals surface area contributed by atoms with Crippen LogP contribution < -0.4 is 0 Å². The highest BCUT2D eigenvalue weighted by atomic mass is 32.2. The zero-order valence-corrected chi connectivity index (χ0v) is 12.8. The van der Waals surface area contributed by atoms with Crippen LogP contribution in [0.2, 0.25) is 0 Å². The van der Waals surface area contributed by atoms with Crippen LogP contribution in [0.25, 0.3) is 0 Å². The fraction of sp³-hybridized carbons (Fsp3) is 1.00. The van der Waals surface area contributed by atoms with Crippen molar-refractivity contribution in [2.24, 2.45) is 28.6 Å². The second-order valence-electron chi connectivity index (χ2n) is 7.41. The molecule has 4 atom stereocenters. The lowest BCUT2D eigenvalue weighted by Gasteiger charge is -2.48. The van der Waals surface area contributed by atoms with Gasteiger partial charge in [-0.1, -0.05) is 34.6 Å². The predicted molar refractivity (Wildman–Crippen MR) is 70.5 cm³/mol. The Labute approximate surface area is 110 Å². The van der Waals surface area contributed by atoms with Crippen LogP contribution in [-0.2, 0) is 14.3 Å². The predicted octanol–water partition coefficient (Wildman–Crippen LogP) is 2.81. The van der Waals surface area contributed by atoms with Gasteiger partial charge in [0.25, 0.3) is 10.1 Å². The molecule has 3 nitrogen and oxygen atoms in total. The van der Waals surface area contributed by atoms with Crippen LogP contribution in [0.5, 0.6) is 0 Å². The molecule has 1 aliphatic heterocycles. The minimum absolute atomic E-state index is 0.0365. The van der Waals surface area contributed by atoms with E-state index >= 15 is 0 Å². The molecule has 3 fully saturated rings. The zero-order chi connectivity index (χ0) is 13.5. The maximum absolute atomic E-state index is 12.2. The summed E-state index contributed by atoms with van der Waals surface area (Å²) in [5.41, 5.74) is -0.104. The summed E-state index contributed by atoms with van der Waals surface area (Å²) in [4.78, 5) is 0. The Morgan fingerprint density at radius 1 is 1.17 bits per heavy atom. The molecule has 4 heteroatoms. The molecule has 0 N–H and O–H groups in total. The highest BCUT2D eigenvalue weighted by Crippen LogP contribution is 2.73. The SMILES string of the molecule is CC(C)C1(C(C)C)C2CC3C(C)(C2)C1OS3(=O)=O. The van der Waals surface area contributed by atoms with Gasteiger partial charge in [0, 0.05) is 10.8 Å². The van der Waals surface area contributed by atoms with E-state index in [0.717, 1.165) is 12.8 Å². The molecule has 0 amide bonds. The maximum Gasteiger partial charge on any atom is 0.271 e. The van der Waals surface area contributed by atoms with Crippen molar-refractivity contribution in [1.82, 2.24) is 0 Å². The first-order chi connectivity index (χ1) is 8.17. The molecule has 0 spiro atoms. The third-order valence-electron chi connectivity index (χ3n) is 6.26. The quantitative estimate of drug-likeness (QED) is 0.726. The van der Waals surface area contributed by atoms with E-state index in [1.807, 2.05) is 0 Å². The lowest BCUT2D eigenvalue weighted by atomic mass is 9.57. The summed E-state index contributed by atoms with van der Waals surface area (Å²) >= 11 is 0. The maximum atomic E-state index is 12.2. The summed E-state index contributed by atoms with van der Waals surface area (Å²) in [6, 6.07) is 0. The Morgan fingerprint density at radius 2 is 1.72 bits per heavy atom. The Hall–Kier alpha value is -0.0900. The Balaban J connectivity index is 2.19. The molecular weight excluding hydrogens is 248 g/mol. The van der Waals surface area contributed by atoms with E-state index in [1.54, 1.807) is 0 Å². The van der Waals surface area contributed by atoms with Gasteiger partial charge in [0.2, 0.25) is 0 Å². The molecule has 0 aromatic carbocycles. The van der Waals surface area contributed by atoms with Gasteiger partial charge in [-0.2, -0.15) is 8.42 Å². The van der Waals surface area contributed by atoms with E-state index in [1.165, 1.54) is 0 Å². The molecular formula is C14H24O3S. The first kappa shape index (κ1) is 12.9. The van der Waals surface area contributed by atoms with Crippen LogP contribution in [0.15, 0.2) is 0 Å². The van der Waals surface area contributed by atoms with E-state index in [9.17, 15) is 8.42 Å². The Kier molecular flexibility index (Phi) is 2.38. The second-order valence-corrected chi connectivity index (χ2v) is 9.16. The number of hydrogen-bond donors (Lipinski definition) is 0. The molecule has 2 bridgehead atoms. The van der Waals surface area contributed by atoms with Gasteiger partial charge >= 0.3 is 0 Å². The highest BCUT2D eigenvalue weighted by Gasteiger charge is 2.77. The average Bonchev–Trinajstić information content (AvgIpc) is 2.69. The molecule has 1 heterocycles. The van der Waals surface area contributed by atoms with E-state index < -0.39 is 10.1 Å². The molecule has 104 valence electrons. The highest BCUT2D eigenvalue weighted by molar-refractivity contribution is 7.87. The third-order valence-corrected chi connectivity index (χ3v) is 8.15. The minimum atomic E-state index is -3.33. The standard InChI is InChI=1S/C14H24O3S/c1-8(2)14(9(3)4)10-6-11-13(5,7-10)12(14)17-18(11,15)16/h8-12H,6-7H2,1-5H3. The van der Waals surface area contributed by atoms with Gasteiger partial charge in [-0.25, -0.2) is 0 Å². The van der Waals surface area contributed by atoms with Crippen molar-refractivity contribution in [3.63, 3.8) is 0 Å². The van der Waals surface area contributed by atoms with Crippen molar-refractivity contribution in [2.75, 3.05) is 0 Å². The third kappa shape index (κ3) is 1.13. The van der Waals surface area contributed by atoms with Crippen LogP contribution in [0, 0.1) is 28.6 Å². The molecule has 3 aliphatic rings. The minimum Gasteiger partial charge on any atom is -0.265 e. The van der Waals surface area contributed by atoms with Crippen molar-refractivity contribution in [2.45, 2.75) is 58.8 Å². The summed E-state index contributed by atoms with van der Waals surface area (Å²) in [5.74, 6) is 1.43. The molecule has 0 aromatic heterocycles. The summed E-state index contributed by atoms with van der Waals surface area (Å²) in [6.45, 7) is 11.1. The summed E-state index contributed by atoms with van der Waals surface area (Å²) < 4.78 is 30.0. The van der Waals surface area contributed by atoms with Crippen molar-refractivity contribution in [3.05, 3.63) is 0 Å². The molecule has 4 unspecified atom stereocenters. The van der Waals surface area contributed by atoms with E-state index in [-0.39, 0.29) is 22.2 Å². The molecule has 2 saturated carbocycles. The van der Waals surface area contributed by atoms with E-state index in [4.69, 9.17) is 4.18 Å². The lowest BCUT2D eigenvalue weighted by Crippen LogP contribution is -2.51. The number of rotatable bonds is 2. The average molecular weight is 272 g/mol. The molecule has 18 heavy (non-hydrogen) atoms. The summed E-state index contributed by atoms with van der Waals surface area (Å²) in [6.07, 6.45) is 1.74. The Bertz CT molecular complexity index is 471. The van der Waals surface area contributed by atoms with Gasteiger partial charge in [-0.3, -0.25) is 4.18 Å². The fourth-order valence-corrected chi connectivity index (χ4v) is 7.91. The van der Waals surface area contributed by atoms with E-state index in [0.29, 0.717) is 17.8 Å². The summed E-state index contributed by atoms with van der Waals surface area (Å²) in [5, 5.41) is -0.245. The van der Waals surface area contributed by atoms with Crippen LogP contribution in [-0.4, -0.2) is 19.8 Å². The largest absolute Gasteiger partial charge is 0.271 e. The van der Waals surface area contributed by atoms with Gasteiger partial charge in [-0.15, -0.1) is 0 Å². The first-order valence-electron chi connectivity index (χ1n) is 7.09. The number of fused-ring (bicyclic) bond motifs is 1. The van der Waals surface area contributed by atoms with Crippen LogP contribution >= 0.6 is 0 Å². The van der Waals surface area contributed by atoms with Gasteiger partial charge in [0.15, 0.2) is 0 Å². The van der Waals surface area contributed by atoms with Gasteiger partial charge in [0.1, 0.15) is 0 Å². The van der Waals surface area contributed by atoms with Gasteiger partial charge in [-0.05, 0) is 30.6 Å². The topological polar surface area (TPSA) is 43.4 Å². The molecule has 0 aromatic rings. The van der Waals surface area contributed by atoms with Crippen molar-refractivity contribution < 1.29 is 12.6 Å². The number of hydrogen-bond acceptors (Lipinski definition) is 3. The van der Waals surface area contributed by atoms with Crippen molar-refractivity contribution >= 4 is 10.1 Å². The summed E-state index contributed by atoms with van der Waals surface area (Å²) in [7, 11) is -3.33. The van der Waals surface area contributed by atoms with Crippen molar-refractivity contribution in [3.8, 4) is 0 Å². The fourth-order valence-electron chi connectivity index (χ4n) is 5.77. The van der Waals surface area contributed by atoms with Crippen LogP contribution in [0.1, 0.15) is 47.5 Å². The zero-order valence-electron chi connectivity index (χ0n) is 11.9.